The van der Waals surface area contributed by atoms with Crippen LogP contribution in [-0.2, 0) is 6.42 Å². The molecule has 2 aliphatic rings. The smallest absolute Gasteiger partial charge is 0.169 e. The molecule has 31 heavy (non-hydrogen) atoms. The summed E-state index contributed by atoms with van der Waals surface area (Å²) >= 11 is 3.23. The Morgan fingerprint density at radius 2 is 1.84 bits per heavy atom. The molecule has 2 heterocycles. The SMILES string of the molecule is Fc1cc(Br)ccc1-c1cc(CC2C=CC3=NC(c4cccc(F)c4F)=NC3=C2)on1. The number of benzene rings is 2. The van der Waals surface area contributed by atoms with Gasteiger partial charge in [0.05, 0.1) is 17.0 Å². The first kappa shape index (κ1) is 19.7. The van der Waals surface area contributed by atoms with E-state index in [0.717, 1.165) is 6.07 Å². The molecule has 0 radical (unpaired) electrons. The average molecular weight is 484 g/mol. The molecule has 1 atom stereocenters. The summed E-state index contributed by atoms with van der Waals surface area (Å²) in [4.78, 5) is 8.67. The van der Waals surface area contributed by atoms with Crippen LogP contribution >= 0.6 is 15.9 Å². The molecule has 1 aliphatic heterocycles. The standard InChI is InChI=1S/C23H13BrF3N3O/c24-13-5-6-15(18(26)10-13)20-11-14(31-30-20)8-12-4-7-19-21(9-12)29-23(28-19)16-2-1-3-17(25)22(16)27/h1-7,9-12H,8H2. The third-order valence-electron chi connectivity index (χ3n) is 4.98. The van der Waals surface area contributed by atoms with E-state index in [2.05, 4.69) is 31.1 Å². The maximum Gasteiger partial charge on any atom is 0.169 e. The zero-order valence-electron chi connectivity index (χ0n) is 15.8. The summed E-state index contributed by atoms with van der Waals surface area (Å²) in [6, 6.07) is 10.4. The van der Waals surface area contributed by atoms with E-state index in [1.165, 1.54) is 18.2 Å². The second-order valence-corrected chi connectivity index (χ2v) is 8.03. The minimum atomic E-state index is -0.972. The Labute approximate surface area is 183 Å². The van der Waals surface area contributed by atoms with Crippen molar-refractivity contribution in [3.63, 3.8) is 0 Å². The summed E-state index contributed by atoms with van der Waals surface area (Å²) in [5, 5.41) is 3.98. The fourth-order valence-corrected chi connectivity index (χ4v) is 3.81. The van der Waals surface area contributed by atoms with E-state index in [1.54, 1.807) is 24.3 Å². The lowest BCUT2D eigenvalue weighted by atomic mass is 9.95. The molecule has 0 saturated carbocycles. The van der Waals surface area contributed by atoms with Gasteiger partial charge in [-0.1, -0.05) is 33.2 Å². The Morgan fingerprint density at radius 3 is 2.68 bits per heavy atom. The first-order valence-electron chi connectivity index (χ1n) is 9.41. The van der Waals surface area contributed by atoms with Crippen molar-refractivity contribution in [1.82, 2.24) is 5.16 Å². The van der Waals surface area contributed by atoms with Gasteiger partial charge in [0.2, 0.25) is 0 Å². The van der Waals surface area contributed by atoms with Crippen LogP contribution in [0.5, 0.6) is 0 Å². The predicted octanol–water partition coefficient (Wildman–Crippen LogP) is 6.04. The maximum atomic E-state index is 14.2. The van der Waals surface area contributed by atoms with Gasteiger partial charge in [0, 0.05) is 28.4 Å². The second-order valence-electron chi connectivity index (χ2n) is 7.12. The number of allylic oxidation sites excluding steroid dienone is 3. The molecule has 0 N–H and O–H groups in total. The van der Waals surface area contributed by atoms with Crippen molar-refractivity contribution in [2.24, 2.45) is 15.9 Å². The third kappa shape index (κ3) is 3.79. The molecule has 5 rings (SSSR count). The van der Waals surface area contributed by atoms with Crippen molar-refractivity contribution in [2.75, 3.05) is 0 Å². The molecule has 1 unspecified atom stereocenters. The second kappa shape index (κ2) is 7.77. The quantitative estimate of drug-likeness (QED) is 0.454. The van der Waals surface area contributed by atoms with Crippen LogP contribution in [0.25, 0.3) is 11.3 Å². The summed E-state index contributed by atoms with van der Waals surface area (Å²) in [7, 11) is 0. The van der Waals surface area contributed by atoms with E-state index < -0.39 is 17.5 Å². The van der Waals surface area contributed by atoms with E-state index in [4.69, 9.17) is 4.52 Å². The normalized spacial score (nSPS) is 17.3. The van der Waals surface area contributed by atoms with E-state index >= 15 is 0 Å². The van der Waals surface area contributed by atoms with Crippen LogP contribution in [0, 0.1) is 23.4 Å². The van der Waals surface area contributed by atoms with Crippen molar-refractivity contribution >= 4 is 27.5 Å². The third-order valence-corrected chi connectivity index (χ3v) is 5.48. The summed E-state index contributed by atoms with van der Waals surface area (Å²) in [6.07, 6.45) is 6.08. The average Bonchev–Trinajstić information content (AvgIpc) is 3.37. The number of nitrogens with zero attached hydrogens (tertiary/aromatic N) is 3. The minimum absolute atomic E-state index is 0.0177. The van der Waals surface area contributed by atoms with Crippen LogP contribution in [0.15, 0.2) is 85.4 Å². The molecule has 0 amide bonds. The molecule has 3 aromatic rings. The first-order valence-corrected chi connectivity index (χ1v) is 10.2. The fraction of sp³-hybridized carbons (Fsp3) is 0.0870. The van der Waals surface area contributed by atoms with Gasteiger partial charge in [0.1, 0.15) is 17.3 Å². The monoisotopic (exact) mass is 483 g/mol. The summed E-state index contributed by atoms with van der Waals surface area (Å²) < 4.78 is 47.8. The van der Waals surface area contributed by atoms with Gasteiger partial charge in [0.15, 0.2) is 17.5 Å². The number of halogens is 4. The molecule has 4 nitrogen and oxygen atoms in total. The number of aliphatic imine (C=N–C) groups is 2. The molecule has 0 saturated heterocycles. The van der Waals surface area contributed by atoms with Crippen LogP contribution in [0.1, 0.15) is 11.3 Å². The highest BCUT2D eigenvalue weighted by atomic mass is 79.9. The Hall–Kier alpha value is -3.26. The lowest BCUT2D eigenvalue weighted by Gasteiger charge is -2.10. The topological polar surface area (TPSA) is 50.8 Å². The van der Waals surface area contributed by atoms with Crippen molar-refractivity contribution in [3.8, 4) is 11.3 Å². The van der Waals surface area contributed by atoms with Gasteiger partial charge < -0.3 is 4.52 Å². The molecule has 1 aromatic heterocycles. The van der Waals surface area contributed by atoms with E-state index in [1.807, 2.05) is 12.2 Å². The molecular formula is C23H13BrF3N3O. The minimum Gasteiger partial charge on any atom is -0.361 e. The fourth-order valence-electron chi connectivity index (χ4n) is 3.48. The maximum absolute atomic E-state index is 14.2. The largest absolute Gasteiger partial charge is 0.361 e. The van der Waals surface area contributed by atoms with Crippen LogP contribution in [-0.4, -0.2) is 16.7 Å². The number of hydrogen-bond donors (Lipinski definition) is 0. The van der Waals surface area contributed by atoms with Gasteiger partial charge in [-0.15, -0.1) is 0 Å². The lowest BCUT2D eigenvalue weighted by molar-refractivity contribution is 0.379. The number of aromatic nitrogens is 1. The zero-order chi connectivity index (χ0) is 21.5. The van der Waals surface area contributed by atoms with Crippen molar-refractivity contribution in [1.29, 1.82) is 0 Å². The van der Waals surface area contributed by atoms with Crippen LogP contribution in [0.2, 0.25) is 0 Å². The van der Waals surface area contributed by atoms with Crippen molar-refractivity contribution in [2.45, 2.75) is 6.42 Å². The highest BCUT2D eigenvalue weighted by Crippen LogP contribution is 2.29. The van der Waals surface area contributed by atoms with E-state index in [9.17, 15) is 13.2 Å². The predicted molar refractivity (Wildman–Crippen MR) is 114 cm³/mol. The van der Waals surface area contributed by atoms with E-state index in [0.29, 0.717) is 39.3 Å². The molecule has 8 heteroatoms. The zero-order valence-corrected chi connectivity index (χ0v) is 17.4. The molecule has 0 bridgehead atoms. The Morgan fingerprint density at radius 1 is 0.968 bits per heavy atom. The van der Waals surface area contributed by atoms with Crippen LogP contribution in [0.3, 0.4) is 0 Å². The Kier molecular flexibility index (Phi) is 4.94. The number of amidine groups is 1. The van der Waals surface area contributed by atoms with E-state index in [-0.39, 0.29) is 17.3 Å². The van der Waals surface area contributed by atoms with Gasteiger partial charge >= 0.3 is 0 Å². The number of rotatable bonds is 4. The molecular weight excluding hydrogens is 471 g/mol. The summed E-state index contributed by atoms with van der Waals surface area (Å²) in [5.74, 6) is -1.66. The van der Waals surface area contributed by atoms with Gasteiger partial charge in [0.25, 0.3) is 0 Å². The Balaban J connectivity index is 1.36. The van der Waals surface area contributed by atoms with Crippen LogP contribution in [0.4, 0.5) is 13.2 Å². The summed E-state index contributed by atoms with van der Waals surface area (Å²) in [5.41, 5.74) is 1.96. The highest BCUT2D eigenvalue weighted by molar-refractivity contribution is 9.10. The summed E-state index contributed by atoms with van der Waals surface area (Å²) in [6.45, 7) is 0. The van der Waals surface area contributed by atoms with Gasteiger partial charge in [-0.3, -0.25) is 0 Å². The molecule has 0 fully saturated rings. The number of fused-ring (bicyclic) bond motifs is 1. The lowest BCUT2D eigenvalue weighted by Crippen LogP contribution is -2.07. The first-order chi connectivity index (χ1) is 15.0. The Bertz CT molecular complexity index is 1320. The molecule has 1 aliphatic carbocycles. The van der Waals surface area contributed by atoms with Gasteiger partial charge in [-0.25, -0.2) is 23.2 Å². The van der Waals surface area contributed by atoms with Crippen molar-refractivity contribution < 1.29 is 17.7 Å². The molecule has 0 spiro atoms. The van der Waals surface area contributed by atoms with Gasteiger partial charge in [-0.2, -0.15) is 0 Å². The van der Waals surface area contributed by atoms with Gasteiger partial charge in [-0.05, 0) is 42.5 Å². The molecule has 2 aromatic carbocycles. The number of hydrogen-bond acceptors (Lipinski definition) is 4. The van der Waals surface area contributed by atoms with Crippen molar-refractivity contribution in [3.05, 3.63) is 99.6 Å². The van der Waals surface area contributed by atoms with Crippen LogP contribution < -0.4 is 0 Å². The highest BCUT2D eigenvalue weighted by Gasteiger charge is 2.24. The molecule has 154 valence electrons.